The van der Waals surface area contributed by atoms with E-state index in [0.717, 1.165) is 25.6 Å². The van der Waals surface area contributed by atoms with Gasteiger partial charge in [-0.2, -0.15) is 0 Å². The van der Waals surface area contributed by atoms with E-state index in [0.29, 0.717) is 12.0 Å². The number of rotatable bonds is 10. The van der Waals surface area contributed by atoms with Crippen molar-refractivity contribution in [1.29, 1.82) is 0 Å². The first-order chi connectivity index (χ1) is 8.40. The van der Waals surface area contributed by atoms with Gasteiger partial charge in [0.2, 0.25) is 0 Å². The van der Waals surface area contributed by atoms with Crippen LogP contribution in [0.1, 0.15) is 40.5 Å². The van der Waals surface area contributed by atoms with Crippen molar-refractivity contribution in [2.24, 2.45) is 17.6 Å². The van der Waals surface area contributed by atoms with Gasteiger partial charge in [-0.15, -0.1) is 0 Å². The van der Waals surface area contributed by atoms with Gasteiger partial charge in [-0.25, -0.2) is 0 Å². The van der Waals surface area contributed by atoms with Crippen LogP contribution in [0.5, 0.6) is 0 Å². The Bertz CT molecular complexity index is 192. The largest absolute Gasteiger partial charge is 0.330 e. The molecule has 18 heavy (non-hydrogen) atoms. The highest BCUT2D eigenvalue weighted by molar-refractivity contribution is 4.71. The van der Waals surface area contributed by atoms with Crippen molar-refractivity contribution in [3.8, 4) is 0 Å². The van der Waals surface area contributed by atoms with Crippen molar-refractivity contribution in [1.82, 2.24) is 9.80 Å². The van der Waals surface area contributed by atoms with Crippen molar-refractivity contribution in [2.45, 2.75) is 46.6 Å². The highest BCUT2D eigenvalue weighted by Crippen LogP contribution is 2.15. The Morgan fingerprint density at radius 3 is 2.11 bits per heavy atom. The van der Waals surface area contributed by atoms with Crippen LogP contribution in [0, 0.1) is 11.8 Å². The van der Waals surface area contributed by atoms with Gasteiger partial charge in [0.05, 0.1) is 0 Å². The molecule has 2 unspecified atom stereocenters. The third-order valence-corrected chi connectivity index (χ3v) is 3.62. The minimum atomic E-state index is 0.627. The zero-order valence-electron chi connectivity index (χ0n) is 13.4. The van der Waals surface area contributed by atoms with E-state index in [-0.39, 0.29) is 0 Å². The Morgan fingerprint density at radius 1 is 1.11 bits per heavy atom. The Labute approximate surface area is 115 Å². The molecule has 0 aromatic heterocycles. The monoisotopic (exact) mass is 257 g/mol. The van der Waals surface area contributed by atoms with Crippen LogP contribution in [-0.4, -0.2) is 56.1 Å². The van der Waals surface area contributed by atoms with Gasteiger partial charge < -0.3 is 10.6 Å². The van der Waals surface area contributed by atoms with Gasteiger partial charge in [-0.1, -0.05) is 20.8 Å². The van der Waals surface area contributed by atoms with Crippen molar-refractivity contribution >= 4 is 0 Å². The lowest BCUT2D eigenvalue weighted by Gasteiger charge is -2.31. The molecule has 2 atom stereocenters. The first-order valence-electron chi connectivity index (χ1n) is 7.49. The standard InChI is InChI=1S/C15H35N3/c1-7-18(14(4)12-17(5)6)9-8-15(11-16)10-13(2)3/h13-15H,7-12,16H2,1-6H3. The summed E-state index contributed by atoms with van der Waals surface area (Å²) in [5, 5.41) is 0. The molecule has 3 nitrogen and oxygen atoms in total. The number of nitrogens with two attached hydrogens (primary N) is 1. The maximum atomic E-state index is 5.88. The molecule has 0 rings (SSSR count). The maximum absolute atomic E-state index is 5.88. The molecule has 0 aliphatic rings. The molecule has 110 valence electrons. The summed E-state index contributed by atoms with van der Waals surface area (Å²) < 4.78 is 0. The van der Waals surface area contributed by atoms with Crippen LogP contribution >= 0.6 is 0 Å². The van der Waals surface area contributed by atoms with Crippen LogP contribution in [-0.2, 0) is 0 Å². The van der Waals surface area contributed by atoms with Gasteiger partial charge in [0.1, 0.15) is 0 Å². The highest BCUT2D eigenvalue weighted by Gasteiger charge is 2.15. The zero-order chi connectivity index (χ0) is 14.1. The van der Waals surface area contributed by atoms with Gasteiger partial charge in [-0.3, -0.25) is 4.90 Å². The predicted octanol–water partition coefficient (Wildman–Crippen LogP) is 2.27. The summed E-state index contributed by atoms with van der Waals surface area (Å²) >= 11 is 0. The van der Waals surface area contributed by atoms with Crippen LogP contribution < -0.4 is 5.73 Å². The molecule has 0 saturated heterocycles. The minimum absolute atomic E-state index is 0.627. The first kappa shape index (κ1) is 17.9. The molecule has 0 spiro atoms. The van der Waals surface area contributed by atoms with Crippen LogP contribution in [0.15, 0.2) is 0 Å². The summed E-state index contributed by atoms with van der Waals surface area (Å²) in [6.45, 7) is 13.4. The third-order valence-electron chi connectivity index (χ3n) is 3.62. The van der Waals surface area contributed by atoms with Crippen molar-refractivity contribution in [3.63, 3.8) is 0 Å². The molecule has 0 amide bonds. The molecule has 0 aromatic rings. The summed E-state index contributed by atoms with van der Waals surface area (Å²) in [4.78, 5) is 4.84. The summed E-state index contributed by atoms with van der Waals surface area (Å²) in [6.07, 6.45) is 2.50. The SMILES string of the molecule is CCN(CCC(CN)CC(C)C)C(C)CN(C)C. The Hall–Kier alpha value is -0.120. The smallest absolute Gasteiger partial charge is 0.0194 e. The van der Waals surface area contributed by atoms with E-state index in [2.05, 4.69) is 51.6 Å². The van der Waals surface area contributed by atoms with Crippen LogP contribution in [0.4, 0.5) is 0 Å². The number of nitrogens with zero attached hydrogens (tertiary/aromatic N) is 2. The summed E-state index contributed by atoms with van der Waals surface area (Å²) in [5.74, 6) is 1.44. The fraction of sp³-hybridized carbons (Fsp3) is 1.00. The molecule has 0 aromatic carbocycles. The summed E-state index contributed by atoms with van der Waals surface area (Å²) in [6, 6.07) is 0.627. The third kappa shape index (κ3) is 8.06. The topological polar surface area (TPSA) is 32.5 Å². The second kappa shape index (κ2) is 9.76. The van der Waals surface area contributed by atoms with Gasteiger partial charge in [-0.05, 0) is 65.3 Å². The lowest BCUT2D eigenvalue weighted by atomic mass is 9.94. The lowest BCUT2D eigenvalue weighted by Crippen LogP contribution is -2.41. The Balaban J connectivity index is 4.11. The minimum Gasteiger partial charge on any atom is -0.330 e. The average molecular weight is 257 g/mol. The molecule has 0 fully saturated rings. The fourth-order valence-electron chi connectivity index (χ4n) is 2.68. The molecular formula is C15H35N3. The van der Waals surface area contributed by atoms with Gasteiger partial charge in [0.25, 0.3) is 0 Å². The predicted molar refractivity (Wildman–Crippen MR) is 81.9 cm³/mol. The van der Waals surface area contributed by atoms with Gasteiger partial charge in [0.15, 0.2) is 0 Å². The van der Waals surface area contributed by atoms with E-state index in [1.807, 2.05) is 0 Å². The van der Waals surface area contributed by atoms with E-state index in [4.69, 9.17) is 5.73 Å². The van der Waals surface area contributed by atoms with Crippen LogP contribution in [0.3, 0.4) is 0 Å². The first-order valence-corrected chi connectivity index (χ1v) is 7.49. The number of hydrogen-bond acceptors (Lipinski definition) is 3. The van der Waals surface area contributed by atoms with Crippen molar-refractivity contribution in [3.05, 3.63) is 0 Å². The second-order valence-electron chi connectivity index (χ2n) is 6.26. The average Bonchev–Trinajstić information content (AvgIpc) is 2.26. The van der Waals surface area contributed by atoms with Gasteiger partial charge >= 0.3 is 0 Å². The fourth-order valence-corrected chi connectivity index (χ4v) is 2.68. The van der Waals surface area contributed by atoms with E-state index >= 15 is 0 Å². The zero-order valence-corrected chi connectivity index (χ0v) is 13.4. The normalized spacial score (nSPS) is 15.7. The van der Waals surface area contributed by atoms with Crippen LogP contribution in [0.2, 0.25) is 0 Å². The Kier molecular flexibility index (Phi) is 9.70. The summed E-state index contributed by atoms with van der Waals surface area (Å²) in [7, 11) is 4.29. The van der Waals surface area contributed by atoms with E-state index in [9.17, 15) is 0 Å². The number of likely N-dealkylation sites (N-methyl/N-ethyl adjacent to an activating group) is 2. The molecule has 0 radical (unpaired) electrons. The van der Waals surface area contributed by atoms with Crippen molar-refractivity contribution < 1.29 is 0 Å². The summed E-state index contributed by atoms with van der Waals surface area (Å²) in [5.41, 5.74) is 5.88. The maximum Gasteiger partial charge on any atom is 0.0194 e. The van der Waals surface area contributed by atoms with E-state index < -0.39 is 0 Å². The molecule has 2 N–H and O–H groups in total. The molecule has 3 heteroatoms. The molecule has 0 heterocycles. The Morgan fingerprint density at radius 2 is 1.72 bits per heavy atom. The molecule has 0 saturated carbocycles. The quantitative estimate of drug-likeness (QED) is 0.651. The van der Waals surface area contributed by atoms with Crippen LogP contribution in [0.25, 0.3) is 0 Å². The molecular weight excluding hydrogens is 222 g/mol. The molecule has 0 aliphatic carbocycles. The second-order valence-corrected chi connectivity index (χ2v) is 6.26. The lowest BCUT2D eigenvalue weighted by molar-refractivity contribution is 0.168. The van der Waals surface area contributed by atoms with E-state index in [1.54, 1.807) is 0 Å². The van der Waals surface area contributed by atoms with Gasteiger partial charge in [0, 0.05) is 12.6 Å². The molecule has 0 bridgehead atoms. The van der Waals surface area contributed by atoms with E-state index in [1.165, 1.54) is 19.4 Å². The number of hydrogen-bond donors (Lipinski definition) is 1. The molecule has 0 aliphatic heterocycles. The highest BCUT2D eigenvalue weighted by atomic mass is 15.2. The van der Waals surface area contributed by atoms with Crippen molar-refractivity contribution in [2.75, 3.05) is 40.3 Å².